The lowest BCUT2D eigenvalue weighted by atomic mass is 10.3. The molecule has 12 heavy (non-hydrogen) atoms. The van der Waals surface area contributed by atoms with Gasteiger partial charge in [0.15, 0.2) is 5.78 Å². The van der Waals surface area contributed by atoms with E-state index in [0.717, 1.165) is 0 Å². The van der Waals surface area contributed by atoms with Crippen LogP contribution in [0, 0.1) is 0 Å². The van der Waals surface area contributed by atoms with Gasteiger partial charge in [-0.1, -0.05) is 12.1 Å². The number of nitrogens with two attached hydrogens (primary N) is 1. The molecule has 66 valence electrons. The number of ketones is 1. The van der Waals surface area contributed by atoms with E-state index in [4.69, 9.17) is 5.73 Å². The molecule has 5 heteroatoms. The van der Waals surface area contributed by atoms with Crippen LogP contribution < -0.4 is 5.73 Å². The van der Waals surface area contributed by atoms with Gasteiger partial charge >= 0.3 is 0 Å². The average molecular weight is 168 g/mol. The zero-order valence-corrected chi connectivity index (χ0v) is 7.03. The lowest BCUT2D eigenvalue weighted by Crippen LogP contribution is -2.09. The molecule has 0 aromatic carbocycles. The normalized spacial score (nSPS) is 10.2. The van der Waals surface area contributed by atoms with Gasteiger partial charge in [-0.05, 0) is 0 Å². The Balaban J connectivity index is 2.58. The first-order valence-corrected chi connectivity index (χ1v) is 3.87. The van der Waals surface area contributed by atoms with Gasteiger partial charge in [0.2, 0.25) is 0 Å². The van der Waals surface area contributed by atoms with Crippen LogP contribution in [0.5, 0.6) is 0 Å². The molecule has 0 aliphatic heterocycles. The molecular weight excluding hydrogens is 156 g/mol. The fourth-order valence-corrected chi connectivity index (χ4v) is 0.802. The lowest BCUT2D eigenvalue weighted by Gasteiger charge is -1.94. The summed E-state index contributed by atoms with van der Waals surface area (Å²) in [4.78, 5) is 11.0. The van der Waals surface area contributed by atoms with Crippen molar-refractivity contribution in [2.75, 3.05) is 0 Å². The van der Waals surface area contributed by atoms with E-state index in [1.54, 1.807) is 6.20 Å². The van der Waals surface area contributed by atoms with Crippen LogP contribution in [0.25, 0.3) is 0 Å². The Hall–Kier alpha value is -1.23. The van der Waals surface area contributed by atoms with Gasteiger partial charge < -0.3 is 5.73 Å². The summed E-state index contributed by atoms with van der Waals surface area (Å²) in [5.74, 6) is 0.142. The molecule has 0 saturated carbocycles. The minimum absolute atomic E-state index is 0.142. The summed E-state index contributed by atoms with van der Waals surface area (Å²) in [5.41, 5.74) is 6.03. The van der Waals surface area contributed by atoms with Crippen molar-refractivity contribution >= 4 is 5.78 Å². The predicted octanol–water partition coefficient (Wildman–Crippen LogP) is -0.284. The van der Waals surface area contributed by atoms with E-state index in [-0.39, 0.29) is 5.78 Å². The molecule has 0 amide bonds. The van der Waals surface area contributed by atoms with Crippen molar-refractivity contribution in [1.29, 1.82) is 0 Å². The van der Waals surface area contributed by atoms with Crippen molar-refractivity contribution in [2.45, 2.75) is 26.4 Å². The SMILES string of the molecule is CCC(=O)Cn1cc(CN)nn1. The molecule has 1 aromatic heterocycles. The maximum Gasteiger partial charge on any atom is 0.154 e. The standard InChI is InChI=1S/C7H12N4O/c1-2-7(12)5-11-4-6(3-8)9-10-11/h4H,2-3,5,8H2,1H3. The fourth-order valence-electron chi connectivity index (χ4n) is 0.802. The molecule has 0 bridgehead atoms. The van der Waals surface area contributed by atoms with E-state index in [1.807, 2.05) is 6.92 Å². The molecule has 1 rings (SSSR count). The molecule has 2 N–H and O–H groups in total. The Morgan fingerprint density at radius 3 is 3.00 bits per heavy atom. The molecule has 1 heterocycles. The zero-order chi connectivity index (χ0) is 8.97. The molecule has 0 aliphatic carbocycles. The third-order valence-corrected chi connectivity index (χ3v) is 1.53. The van der Waals surface area contributed by atoms with E-state index in [1.165, 1.54) is 4.68 Å². The molecule has 0 aliphatic rings. The highest BCUT2D eigenvalue weighted by atomic mass is 16.1. The van der Waals surface area contributed by atoms with Crippen molar-refractivity contribution in [3.63, 3.8) is 0 Å². The second-order valence-corrected chi connectivity index (χ2v) is 2.50. The Morgan fingerprint density at radius 1 is 1.75 bits per heavy atom. The highest BCUT2D eigenvalue weighted by Crippen LogP contribution is 1.92. The van der Waals surface area contributed by atoms with Crippen LogP contribution in [-0.2, 0) is 17.9 Å². The van der Waals surface area contributed by atoms with Crippen LogP contribution in [0.3, 0.4) is 0 Å². The third-order valence-electron chi connectivity index (χ3n) is 1.53. The quantitative estimate of drug-likeness (QED) is 0.670. The maximum absolute atomic E-state index is 11.0. The lowest BCUT2D eigenvalue weighted by molar-refractivity contribution is -0.119. The monoisotopic (exact) mass is 168 g/mol. The summed E-state index contributed by atoms with van der Waals surface area (Å²) < 4.78 is 1.51. The summed E-state index contributed by atoms with van der Waals surface area (Å²) in [6.45, 7) is 2.48. The van der Waals surface area contributed by atoms with Crippen molar-refractivity contribution in [2.24, 2.45) is 5.73 Å². The minimum atomic E-state index is 0.142. The Bertz CT molecular complexity index is 268. The fraction of sp³-hybridized carbons (Fsp3) is 0.571. The smallest absolute Gasteiger partial charge is 0.154 e. The number of hydrogen-bond donors (Lipinski definition) is 1. The summed E-state index contributed by atoms with van der Waals surface area (Å²) in [6, 6.07) is 0. The van der Waals surface area contributed by atoms with Crippen molar-refractivity contribution in [3.8, 4) is 0 Å². The maximum atomic E-state index is 11.0. The first-order chi connectivity index (χ1) is 5.76. The molecule has 5 nitrogen and oxygen atoms in total. The van der Waals surface area contributed by atoms with E-state index in [0.29, 0.717) is 25.2 Å². The van der Waals surface area contributed by atoms with Crippen LogP contribution in [-0.4, -0.2) is 20.8 Å². The molecule has 0 saturated heterocycles. The topological polar surface area (TPSA) is 73.8 Å². The second kappa shape index (κ2) is 3.96. The first kappa shape index (κ1) is 8.86. The largest absolute Gasteiger partial charge is 0.325 e. The second-order valence-electron chi connectivity index (χ2n) is 2.50. The third kappa shape index (κ3) is 2.13. The van der Waals surface area contributed by atoms with E-state index in [2.05, 4.69) is 10.3 Å². The van der Waals surface area contributed by atoms with E-state index < -0.39 is 0 Å². The number of carbonyl (C=O) groups is 1. The number of nitrogens with zero attached hydrogens (tertiary/aromatic N) is 3. The van der Waals surface area contributed by atoms with Crippen LogP contribution in [0.15, 0.2) is 6.20 Å². The first-order valence-electron chi connectivity index (χ1n) is 3.87. The summed E-state index contributed by atoms with van der Waals surface area (Å²) in [5, 5.41) is 7.50. The van der Waals surface area contributed by atoms with Gasteiger partial charge in [0, 0.05) is 13.0 Å². The zero-order valence-electron chi connectivity index (χ0n) is 7.03. The Morgan fingerprint density at radius 2 is 2.50 bits per heavy atom. The highest BCUT2D eigenvalue weighted by molar-refractivity contribution is 5.77. The number of rotatable bonds is 4. The number of Topliss-reactive ketones (excluding diaryl/α,β-unsaturated/α-hetero) is 1. The van der Waals surface area contributed by atoms with Crippen molar-refractivity contribution < 1.29 is 4.79 Å². The van der Waals surface area contributed by atoms with Gasteiger partial charge in [0.25, 0.3) is 0 Å². The van der Waals surface area contributed by atoms with Crippen LogP contribution in [0.4, 0.5) is 0 Å². The van der Waals surface area contributed by atoms with Gasteiger partial charge in [-0.15, -0.1) is 5.10 Å². The summed E-state index contributed by atoms with van der Waals surface area (Å²) in [7, 11) is 0. The number of hydrogen-bond acceptors (Lipinski definition) is 4. The summed E-state index contributed by atoms with van der Waals surface area (Å²) in [6.07, 6.45) is 2.21. The minimum Gasteiger partial charge on any atom is -0.325 e. The summed E-state index contributed by atoms with van der Waals surface area (Å²) >= 11 is 0. The van der Waals surface area contributed by atoms with Gasteiger partial charge in [-0.25, -0.2) is 4.68 Å². The van der Waals surface area contributed by atoms with Crippen molar-refractivity contribution in [3.05, 3.63) is 11.9 Å². The van der Waals surface area contributed by atoms with E-state index in [9.17, 15) is 4.79 Å². The Labute approximate surface area is 70.6 Å². The molecule has 0 unspecified atom stereocenters. The molecule has 1 aromatic rings. The molecule has 0 spiro atoms. The van der Waals surface area contributed by atoms with E-state index >= 15 is 0 Å². The number of carbonyl (C=O) groups excluding carboxylic acids is 1. The average Bonchev–Trinajstić information content (AvgIpc) is 2.52. The van der Waals surface area contributed by atoms with Gasteiger partial charge in [-0.3, -0.25) is 4.79 Å². The van der Waals surface area contributed by atoms with Crippen LogP contribution in [0.2, 0.25) is 0 Å². The van der Waals surface area contributed by atoms with Crippen LogP contribution in [0.1, 0.15) is 19.0 Å². The molecule has 0 radical (unpaired) electrons. The predicted molar refractivity (Wildman–Crippen MR) is 43.2 cm³/mol. The van der Waals surface area contributed by atoms with Gasteiger partial charge in [0.05, 0.1) is 11.9 Å². The highest BCUT2D eigenvalue weighted by Gasteiger charge is 2.02. The van der Waals surface area contributed by atoms with Gasteiger partial charge in [0.1, 0.15) is 6.54 Å². The number of aromatic nitrogens is 3. The van der Waals surface area contributed by atoms with Gasteiger partial charge in [-0.2, -0.15) is 0 Å². The molecule has 0 fully saturated rings. The molecule has 0 atom stereocenters. The Kier molecular flexibility index (Phi) is 2.93. The molecular formula is C7H12N4O. The van der Waals surface area contributed by atoms with Crippen LogP contribution >= 0.6 is 0 Å². The van der Waals surface area contributed by atoms with Crippen molar-refractivity contribution in [1.82, 2.24) is 15.0 Å².